The molecule has 1 aliphatic rings. The number of carbonyl (C=O) groups excluding carboxylic acids is 1. The first-order valence-corrected chi connectivity index (χ1v) is 6.81. The minimum atomic E-state index is -4.53. The van der Waals surface area contributed by atoms with Crippen LogP contribution in [-0.2, 0) is 11.3 Å². The molecule has 0 spiro atoms. The monoisotopic (exact) mass is 300 g/mol. The SMILES string of the molecule is CN(C)C(=O)C1(C(F)(F)F)CCN(Cc2ccccc2)C1. The van der Waals surface area contributed by atoms with Crippen molar-refractivity contribution in [1.29, 1.82) is 0 Å². The number of amides is 1. The van der Waals surface area contributed by atoms with E-state index in [-0.39, 0.29) is 19.5 Å². The lowest BCUT2D eigenvalue weighted by Crippen LogP contribution is -2.51. The molecule has 116 valence electrons. The fourth-order valence-electron chi connectivity index (χ4n) is 2.82. The lowest BCUT2D eigenvalue weighted by molar-refractivity contribution is -0.222. The smallest absolute Gasteiger partial charge is 0.348 e. The molecule has 0 N–H and O–H groups in total. The summed E-state index contributed by atoms with van der Waals surface area (Å²) < 4.78 is 40.4. The van der Waals surface area contributed by atoms with Crippen LogP contribution in [0.15, 0.2) is 30.3 Å². The molecule has 1 amide bonds. The quantitative estimate of drug-likeness (QED) is 0.856. The van der Waals surface area contributed by atoms with Crippen LogP contribution < -0.4 is 0 Å². The Morgan fingerprint density at radius 1 is 1.29 bits per heavy atom. The van der Waals surface area contributed by atoms with Gasteiger partial charge in [-0.1, -0.05) is 30.3 Å². The molecule has 0 aromatic heterocycles. The first-order chi connectivity index (χ1) is 9.76. The first kappa shape index (κ1) is 15.8. The van der Waals surface area contributed by atoms with Crippen molar-refractivity contribution in [3.8, 4) is 0 Å². The van der Waals surface area contributed by atoms with Crippen molar-refractivity contribution in [2.45, 2.75) is 19.1 Å². The normalized spacial score (nSPS) is 23.3. The minimum absolute atomic E-state index is 0.180. The third kappa shape index (κ3) is 3.05. The van der Waals surface area contributed by atoms with Crippen LogP contribution in [0.3, 0.4) is 0 Å². The van der Waals surface area contributed by atoms with Gasteiger partial charge in [-0.3, -0.25) is 9.69 Å². The van der Waals surface area contributed by atoms with E-state index in [1.54, 1.807) is 4.90 Å². The van der Waals surface area contributed by atoms with E-state index in [4.69, 9.17) is 0 Å². The first-order valence-electron chi connectivity index (χ1n) is 6.81. The molecule has 0 radical (unpaired) electrons. The van der Waals surface area contributed by atoms with Gasteiger partial charge in [-0.25, -0.2) is 0 Å². The summed E-state index contributed by atoms with van der Waals surface area (Å²) in [6.07, 6.45) is -4.71. The molecule has 0 saturated carbocycles. The number of nitrogens with zero attached hydrogens (tertiary/aromatic N) is 2. The maximum absolute atomic E-state index is 13.5. The summed E-state index contributed by atoms with van der Waals surface area (Å²) in [6, 6.07) is 9.33. The van der Waals surface area contributed by atoms with Gasteiger partial charge in [0.05, 0.1) is 0 Å². The van der Waals surface area contributed by atoms with Crippen molar-refractivity contribution in [3.05, 3.63) is 35.9 Å². The standard InChI is InChI=1S/C15H19F3N2O/c1-19(2)13(21)14(15(16,17)18)8-9-20(11-14)10-12-6-4-3-5-7-12/h3-7H,8-11H2,1-2H3. The second-order valence-electron chi connectivity index (χ2n) is 5.73. The molecule has 1 aromatic carbocycles. The summed E-state index contributed by atoms with van der Waals surface area (Å²) in [5, 5.41) is 0. The maximum Gasteiger partial charge on any atom is 0.404 e. The number of benzene rings is 1. The molecule has 21 heavy (non-hydrogen) atoms. The molecule has 0 aliphatic carbocycles. The van der Waals surface area contributed by atoms with Gasteiger partial charge in [-0.2, -0.15) is 13.2 Å². The molecule has 6 heteroatoms. The van der Waals surface area contributed by atoms with Crippen LogP contribution in [0.1, 0.15) is 12.0 Å². The lowest BCUT2D eigenvalue weighted by atomic mass is 9.84. The van der Waals surface area contributed by atoms with E-state index in [1.807, 2.05) is 30.3 Å². The highest BCUT2D eigenvalue weighted by Gasteiger charge is 2.63. The minimum Gasteiger partial charge on any atom is -0.348 e. The number of hydrogen-bond acceptors (Lipinski definition) is 2. The van der Waals surface area contributed by atoms with Crippen LogP contribution in [0.5, 0.6) is 0 Å². The zero-order chi connectivity index (χ0) is 15.7. The molecular formula is C15H19F3N2O. The molecule has 1 saturated heterocycles. The van der Waals surface area contributed by atoms with Crippen LogP contribution in [-0.4, -0.2) is 49.1 Å². The fraction of sp³-hybridized carbons (Fsp3) is 0.533. The summed E-state index contributed by atoms with van der Waals surface area (Å²) in [7, 11) is 2.74. The Labute approximate surface area is 122 Å². The van der Waals surface area contributed by atoms with Crippen molar-refractivity contribution >= 4 is 5.91 Å². The van der Waals surface area contributed by atoms with Crippen molar-refractivity contribution < 1.29 is 18.0 Å². The predicted molar refractivity (Wildman–Crippen MR) is 73.5 cm³/mol. The topological polar surface area (TPSA) is 23.6 Å². The largest absolute Gasteiger partial charge is 0.404 e. The average molecular weight is 300 g/mol. The van der Waals surface area contributed by atoms with Crippen LogP contribution in [0.25, 0.3) is 0 Å². The van der Waals surface area contributed by atoms with Gasteiger partial charge in [0.15, 0.2) is 5.41 Å². The Morgan fingerprint density at radius 2 is 1.90 bits per heavy atom. The number of hydrogen-bond donors (Lipinski definition) is 0. The molecule has 1 fully saturated rings. The van der Waals surface area contributed by atoms with E-state index in [9.17, 15) is 18.0 Å². The second-order valence-corrected chi connectivity index (χ2v) is 5.73. The average Bonchev–Trinajstić information content (AvgIpc) is 2.83. The van der Waals surface area contributed by atoms with Gasteiger partial charge in [0.25, 0.3) is 0 Å². The van der Waals surface area contributed by atoms with E-state index in [0.29, 0.717) is 6.54 Å². The summed E-state index contributed by atoms with van der Waals surface area (Å²) in [6.45, 7) is 0.426. The summed E-state index contributed by atoms with van der Waals surface area (Å²) in [5.41, 5.74) is -1.32. The Morgan fingerprint density at radius 3 is 2.43 bits per heavy atom. The summed E-state index contributed by atoms with van der Waals surface area (Å²) >= 11 is 0. The molecule has 1 aromatic rings. The number of alkyl halides is 3. The van der Waals surface area contributed by atoms with E-state index < -0.39 is 17.5 Å². The molecule has 1 aliphatic heterocycles. The van der Waals surface area contributed by atoms with Gasteiger partial charge in [0.2, 0.25) is 5.91 Å². The highest BCUT2D eigenvalue weighted by molar-refractivity contribution is 5.84. The van der Waals surface area contributed by atoms with E-state index in [1.165, 1.54) is 14.1 Å². The lowest BCUT2D eigenvalue weighted by Gasteiger charge is -2.32. The number of halogens is 3. The highest BCUT2D eigenvalue weighted by Crippen LogP contribution is 2.46. The number of likely N-dealkylation sites (tertiary alicyclic amines) is 1. The third-order valence-corrected chi connectivity index (χ3v) is 3.96. The zero-order valence-corrected chi connectivity index (χ0v) is 12.2. The van der Waals surface area contributed by atoms with Crippen LogP contribution in [0.2, 0.25) is 0 Å². The summed E-state index contributed by atoms with van der Waals surface area (Å²) in [5.74, 6) is -0.856. The number of carbonyl (C=O) groups is 1. The fourth-order valence-corrected chi connectivity index (χ4v) is 2.82. The Hall–Kier alpha value is -1.56. The molecule has 1 unspecified atom stereocenters. The molecular weight excluding hydrogens is 281 g/mol. The highest BCUT2D eigenvalue weighted by atomic mass is 19.4. The van der Waals surface area contributed by atoms with Gasteiger partial charge in [-0.05, 0) is 18.5 Å². The molecule has 2 rings (SSSR count). The van der Waals surface area contributed by atoms with Gasteiger partial charge in [-0.15, -0.1) is 0 Å². The zero-order valence-electron chi connectivity index (χ0n) is 12.2. The van der Waals surface area contributed by atoms with Crippen molar-refractivity contribution in [3.63, 3.8) is 0 Å². The Kier molecular flexibility index (Phi) is 4.27. The number of rotatable bonds is 3. The second kappa shape index (κ2) is 5.67. The molecule has 1 atom stereocenters. The van der Waals surface area contributed by atoms with Crippen molar-refractivity contribution in [2.24, 2.45) is 5.41 Å². The van der Waals surface area contributed by atoms with Gasteiger partial charge in [0.1, 0.15) is 0 Å². The van der Waals surface area contributed by atoms with Gasteiger partial charge < -0.3 is 4.90 Å². The van der Waals surface area contributed by atoms with Crippen LogP contribution >= 0.6 is 0 Å². The van der Waals surface area contributed by atoms with Gasteiger partial charge in [0, 0.05) is 27.2 Å². The van der Waals surface area contributed by atoms with E-state index >= 15 is 0 Å². The third-order valence-electron chi connectivity index (χ3n) is 3.96. The van der Waals surface area contributed by atoms with Crippen molar-refractivity contribution in [2.75, 3.05) is 27.2 Å². The molecule has 0 bridgehead atoms. The maximum atomic E-state index is 13.5. The predicted octanol–water partition coefficient (Wildman–Crippen LogP) is 2.53. The van der Waals surface area contributed by atoms with Crippen LogP contribution in [0, 0.1) is 5.41 Å². The van der Waals surface area contributed by atoms with E-state index in [2.05, 4.69) is 0 Å². The van der Waals surface area contributed by atoms with E-state index in [0.717, 1.165) is 10.5 Å². The Bertz CT molecular complexity index is 501. The van der Waals surface area contributed by atoms with Crippen LogP contribution in [0.4, 0.5) is 13.2 Å². The Balaban J connectivity index is 2.18. The summed E-state index contributed by atoms with van der Waals surface area (Å²) in [4.78, 5) is 14.8. The van der Waals surface area contributed by atoms with Gasteiger partial charge >= 0.3 is 6.18 Å². The van der Waals surface area contributed by atoms with Crippen molar-refractivity contribution in [1.82, 2.24) is 9.80 Å². The molecule has 1 heterocycles. The molecule has 3 nitrogen and oxygen atoms in total.